The number of hydrogen-bond acceptors (Lipinski definition) is 4. The highest BCUT2D eigenvalue weighted by Crippen LogP contribution is 2.70. The average Bonchev–Trinajstić information content (AvgIpc) is 2.99. The van der Waals surface area contributed by atoms with Crippen molar-refractivity contribution in [1.82, 2.24) is 0 Å². The number of ketones is 1. The summed E-state index contributed by atoms with van der Waals surface area (Å²) in [5, 5.41) is 9.41. The Hall–Kier alpha value is -0.970. The lowest BCUT2D eigenvalue weighted by Gasteiger charge is -2.64. The summed E-state index contributed by atoms with van der Waals surface area (Å²) in [7, 11) is 0. The van der Waals surface area contributed by atoms with E-state index in [2.05, 4.69) is 13.8 Å². The number of Topliss-reactive ketones (excluding diaryl/α,β-unsaturated/α-hetero) is 1. The number of carbonyl (C=O) groups is 2. The molecule has 0 aromatic rings. The molecule has 4 nitrogen and oxygen atoms in total. The van der Waals surface area contributed by atoms with Gasteiger partial charge in [0.1, 0.15) is 18.4 Å². The van der Waals surface area contributed by atoms with Gasteiger partial charge in [0.25, 0.3) is 0 Å². The molecule has 4 rings (SSSR count). The zero-order valence-electron chi connectivity index (χ0n) is 17.5. The minimum absolute atomic E-state index is 0.00858. The van der Waals surface area contributed by atoms with Crippen LogP contribution < -0.4 is 0 Å². The van der Waals surface area contributed by atoms with Crippen molar-refractivity contribution < 1.29 is 23.8 Å². The van der Waals surface area contributed by atoms with E-state index in [1.807, 2.05) is 0 Å². The summed E-state index contributed by atoms with van der Waals surface area (Å²) in [5.41, 5.74) is -1.73. The van der Waals surface area contributed by atoms with Gasteiger partial charge < -0.3 is 9.84 Å². The summed E-state index contributed by atoms with van der Waals surface area (Å²) in [4.78, 5) is 23.7. The third-order valence-corrected chi connectivity index (χ3v) is 9.60. The molecule has 158 valence electrons. The van der Waals surface area contributed by atoms with Gasteiger partial charge in [-0.2, -0.15) is 0 Å². The molecular weight excluding hydrogens is 359 g/mol. The number of alkyl halides is 1. The Kier molecular flexibility index (Phi) is 4.92. The molecule has 0 amide bonds. The smallest absolute Gasteiger partial charge is 0.302 e. The fraction of sp³-hybridized carbons (Fsp3) is 0.913. The summed E-state index contributed by atoms with van der Waals surface area (Å²) in [5.74, 6) is 0.0872. The van der Waals surface area contributed by atoms with Crippen LogP contribution in [0.25, 0.3) is 0 Å². The van der Waals surface area contributed by atoms with Crippen LogP contribution in [0.4, 0.5) is 4.39 Å². The van der Waals surface area contributed by atoms with Crippen LogP contribution in [-0.2, 0) is 14.3 Å². The van der Waals surface area contributed by atoms with Crippen molar-refractivity contribution in [3.05, 3.63) is 0 Å². The van der Waals surface area contributed by atoms with Crippen LogP contribution >= 0.6 is 0 Å². The van der Waals surface area contributed by atoms with Crippen molar-refractivity contribution in [2.75, 3.05) is 6.61 Å². The van der Waals surface area contributed by atoms with Crippen LogP contribution in [0.15, 0.2) is 0 Å². The molecule has 4 aliphatic carbocycles. The topological polar surface area (TPSA) is 63.6 Å². The highest BCUT2D eigenvalue weighted by atomic mass is 19.1. The maximum Gasteiger partial charge on any atom is 0.302 e. The third kappa shape index (κ3) is 2.71. The zero-order chi connectivity index (χ0) is 20.3. The molecule has 0 radical (unpaired) electrons. The zero-order valence-corrected chi connectivity index (χ0v) is 17.5. The Morgan fingerprint density at radius 2 is 1.75 bits per heavy atom. The lowest BCUT2D eigenvalue weighted by Crippen LogP contribution is -2.63. The molecule has 4 fully saturated rings. The molecular formula is C23H35FO4. The minimum atomic E-state index is -1.20. The minimum Gasteiger partial charge on any atom is -0.463 e. The van der Waals surface area contributed by atoms with Crippen LogP contribution in [0.2, 0.25) is 0 Å². The molecule has 5 heteroatoms. The van der Waals surface area contributed by atoms with Crippen LogP contribution in [0.1, 0.15) is 78.6 Å². The van der Waals surface area contributed by atoms with Gasteiger partial charge in [0.2, 0.25) is 0 Å². The quantitative estimate of drug-likeness (QED) is 0.728. The van der Waals surface area contributed by atoms with E-state index in [0.717, 1.165) is 51.4 Å². The standard InChI is InChI=1S/C23H35FO4/c1-14(26)28-16-8-9-22(3)15(12-16)4-5-18-17-6-7-19(20(27)13-25)21(17,2)10-11-23(18,22)24/h15-19,25H,4-13H2,1-3H3/t15-,16-,17-,18-,19+,21-,22-,23+/m0/s1. The number of fused-ring (bicyclic) bond motifs is 5. The Balaban J connectivity index is 1.59. The van der Waals surface area contributed by atoms with Crippen molar-refractivity contribution in [2.24, 2.45) is 34.5 Å². The second-order valence-electron chi connectivity index (χ2n) is 10.5. The number of halogens is 1. The number of aliphatic hydroxyl groups is 1. The van der Waals surface area contributed by atoms with Crippen LogP contribution in [-0.4, -0.2) is 35.2 Å². The Morgan fingerprint density at radius 3 is 2.43 bits per heavy atom. The maximum atomic E-state index is 16.9. The van der Waals surface area contributed by atoms with Gasteiger partial charge >= 0.3 is 5.97 Å². The molecule has 4 aliphatic rings. The largest absolute Gasteiger partial charge is 0.463 e. The first-order valence-corrected chi connectivity index (χ1v) is 11.2. The van der Waals surface area contributed by atoms with Gasteiger partial charge in [-0.25, -0.2) is 4.39 Å². The van der Waals surface area contributed by atoms with E-state index in [1.54, 1.807) is 0 Å². The molecule has 0 saturated heterocycles. The van der Waals surface area contributed by atoms with Crippen LogP contribution in [0, 0.1) is 34.5 Å². The summed E-state index contributed by atoms with van der Waals surface area (Å²) in [6, 6.07) is 0. The van der Waals surface area contributed by atoms with Gasteiger partial charge in [-0.1, -0.05) is 13.8 Å². The Labute approximate surface area is 167 Å². The molecule has 0 spiro atoms. The molecule has 0 unspecified atom stereocenters. The van der Waals surface area contributed by atoms with E-state index < -0.39 is 12.3 Å². The summed E-state index contributed by atoms with van der Waals surface area (Å²) in [6.45, 7) is 5.37. The van der Waals surface area contributed by atoms with Gasteiger partial charge in [-0.3, -0.25) is 9.59 Å². The lowest BCUT2D eigenvalue weighted by molar-refractivity contribution is -0.206. The van der Waals surface area contributed by atoms with Crippen molar-refractivity contribution in [3.63, 3.8) is 0 Å². The third-order valence-electron chi connectivity index (χ3n) is 9.60. The molecule has 1 N–H and O–H groups in total. The first-order chi connectivity index (χ1) is 13.2. The van der Waals surface area contributed by atoms with E-state index in [4.69, 9.17) is 4.74 Å². The van der Waals surface area contributed by atoms with Crippen LogP contribution in [0.5, 0.6) is 0 Å². The molecule has 0 aliphatic heterocycles. The van der Waals surface area contributed by atoms with E-state index >= 15 is 4.39 Å². The second kappa shape index (κ2) is 6.78. The Morgan fingerprint density at radius 1 is 1.04 bits per heavy atom. The number of hydrogen-bond donors (Lipinski definition) is 1. The fourth-order valence-corrected chi connectivity index (χ4v) is 8.08. The number of carbonyl (C=O) groups excluding carboxylic acids is 2. The van der Waals surface area contributed by atoms with Gasteiger partial charge in [-0.15, -0.1) is 0 Å². The normalized spacial score (nSPS) is 50.2. The van der Waals surface area contributed by atoms with Gasteiger partial charge in [0, 0.05) is 18.3 Å². The van der Waals surface area contributed by atoms with Crippen molar-refractivity contribution in [3.8, 4) is 0 Å². The van der Waals surface area contributed by atoms with E-state index in [0.29, 0.717) is 6.42 Å². The number of rotatable bonds is 3. The maximum absolute atomic E-state index is 16.9. The SMILES string of the molecule is CC(=O)O[C@H]1CC[C@@]2(C)[C@@H](CC[C@H]3[C@@H]4CC[C@H](C(=O)CO)[C@@]4(C)CC[C@@]32F)C1. The Bertz CT molecular complexity index is 665. The summed E-state index contributed by atoms with van der Waals surface area (Å²) < 4.78 is 22.4. The van der Waals surface area contributed by atoms with Gasteiger partial charge in [0.05, 0.1) is 0 Å². The van der Waals surface area contributed by atoms with E-state index in [1.165, 1.54) is 6.92 Å². The molecule has 28 heavy (non-hydrogen) atoms. The summed E-state index contributed by atoms with van der Waals surface area (Å²) >= 11 is 0. The summed E-state index contributed by atoms with van der Waals surface area (Å²) in [6.07, 6.45) is 7.03. The highest BCUT2D eigenvalue weighted by Gasteiger charge is 2.68. The van der Waals surface area contributed by atoms with Crippen molar-refractivity contribution in [1.29, 1.82) is 0 Å². The highest BCUT2D eigenvalue weighted by molar-refractivity contribution is 5.83. The first-order valence-electron chi connectivity index (χ1n) is 11.2. The molecule has 0 bridgehead atoms. The second-order valence-corrected chi connectivity index (χ2v) is 10.5. The van der Waals surface area contributed by atoms with Gasteiger partial charge in [-0.05, 0) is 81.0 Å². The van der Waals surface area contributed by atoms with Crippen molar-refractivity contribution >= 4 is 11.8 Å². The average molecular weight is 395 g/mol. The molecule has 0 heterocycles. The van der Waals surface area contributed by atoms with Crippen molar-refractivity contribution in [2.45, 2.75) is 90.3 Å². The molecule has 0 aromatic carbocycles. The van der Waals surface area contributed by atoms with Gasteiger partial charge in [0.15, 0.2) is 5.78 Å². The van der Waals surface area contributed by atoms with Crippen LogP contribution in [0.3, 0.4) is 0 Å². The first kappa shape index (κ1) is 20.3. The number of aliphatic hydroxyl groups excluding tert-OH is 1. The number of ether oxygens (including phenoxy) is 1. The predicted molar refractivity (Wildman–Crippen MR) is 103 cm³/mol. The molecule has 8 atom stereocenters. The van der Waals surface area contributed by atoms with E-state index in [9.17, 15) is 14.7 Å². The fourth-order valence-electron chi connectivity index (χ4n) is 8.08. The number of esters is 1. The predicted octanol–water partition coefficient (Wildman–Crippen LogP) is 4.23. The molecule has 4 saturated carbocycles. The molecule has 0 aromatic heterocycles. The lowest BCUT2D eigenvalue weighted by atomic mass is 9.43. The monoisotopic (exact) mass is 394 g/mol. The van der Waals surface area contributed by atoms with E-state index in [-0.39, 0.29) is 52.4 Å².